The van der Waals surface area contributed by atoms with Crippen LogP contribution in [0.15, 0.2) is 36.7 Å². The van der Waals surface area contributed by atoms with Gasteiger partial charge in [-0.1, -0.05) is 0 Å². The Balaban J connectivity index is 2.31. The summed E-state index contributed by atoms with van der Waals surface area (Å²) in [5.41, 5.74) is 2.21. The maximum atomic E-state index is 4.34. The number of hydrogen-bond acceptors (Lipinski definition) is 2. The second-order valence-electron chi connectivity index (χ2n) is 3.38. The fourth-order valence-corrected chi connectivity index (χ4v) is 1.32. The van der Waals surface area contributed by atoms with Gasteiger partial charge in [0.05, 0.1) is 0 Å². The van der Waals surface area contributed by atoms with Crippen LogP contribution >= 0.6 is 0 Å². The van der Waals surface area contributed by atoms with Crippen molar-refractivity contribution < 1.29 is 0 Å². The molecule has 0 aliphatic carbocycles. The summed E-state index contributed by atoms with van der Waals surface area (Å²) in [4.78, 5) is 9.47. The fraction of sp³-hybridized carbons (Fsp3) is 0.182. The lowest BCUT2D eigenvalue weighted by atomic mass is 10.2. The minimum absolute atomic E-state index is 0.973. The number of aromatic nitrogens is 2. The Morgan fingerprint density at radius 1 is 1.21 bits per heavy atom. The monoisotopic (exact) mass is 187 g/mol. The summed E-state index contributed by atoms with van der Waals surface area (Å²) in [5, 5.41) is 0. The largest absolute Gasteiger partial charge is 0.363 e. The van der Waals surface area contributed by atoms with Crippen molar-refractivity contribution >= 4 is 5.82 Å². The minimum atomic E-state index is 0.973. The normalized spacial score (nSPS) is 10.1. The lowest BCUT2D eigenvalue weighted by molar-refractivity contribution is 1.07. The van der Waals surface area contributed by atoms with E-state index in [0.29, 0.717) is 0 Å². The van der Waals surface area contributed by atoms with Crippen molar-refractivity contribution in [1.29, 1.82) is 0 Å². The van der Waals surface area contributed by atoms with Crippen LogP contribution < -0.4 is 4.90 Å². The van der Waals surface area contributed by atoms with Gasteiger partial charge in [0.15, 0.2) is 0 Å². The highest BCUT2D eigenvalue weighted by Gasteiger charge is 1.99. The van der Waals surface area contributed by atoms with Gasteiger partial charge >= 0.3 is 0 Å². The van der Waals surface area contributed by atoms with E-state index in [1.807, 2.05) is 49.6 Å². The molecule has 0 saturated carbocycles. The molecule has 0 unspecified atom stereocenters. The molecule has 0 amide bonds. The van der Waals surface area contributed by atoms with E-state index in [4.69, 9.17) is 0 Å². The van der Waals surface area contributed by atoms with Crippen LogP contribution in [0.3, 0.4) is 0 Å². The van der Waals surface area contributed by atoms with Crippen LogP contribution in [0.2, 0.25) is 0 Å². The smallest absolute Gasteiger partial charge is 0.127 e. The van der Waals surface area contributed by atoms with Gasteiger partial charge in [-0.25, -0.2) is 4.98 Å². The number of anilines is 1. The summed E-state index contributed by atoms with van der Waals surface area (Å²) in [6.45, 7) is 0. The van der Waals surface area contributed by atoms with Gasteiger partial charge in [0.25, 0.3) is 0 Å². The third-order valence-corrected chi connectivity index (χ3v) is 2.12. The van der Waals surface area contributed by atoms with Crippen molar-refractivity contribution in [2.24, 2.45) is 0 Å². The number of pyridine rings is 1. The summed E-state index contributed by atoms with van der Waals surface area (Å²) in [6.07, 6.45) is 3.79. The summed E-state index contributed by atoms with van der Waals surface area (Å²) < 4.78 is 0. The summed E-state index contributed by atoms with van der Waals surface area (Å²) in [5.74, 6) is 0.973. The van der Waals surface area contributed by atoms with Gasteiger partial charge in [0, 0.05) is 37.7 Å². The second kappa shape index (κ2) is 3.54. The number of aromatic amines is 1. The highest BCUT2D eigenvalue weighted by molar-refractivity contribution is 5.59. The zero-order valence-corrected chi connectivity index (χ0v) is 8.36. The number of rotatable bonds is 2. The molecule has 0 radical (unpaired) electrons. The average molecular weight is 187 g/mol. The van der Waals surface area contributed by atoms with E-state index in [1.54, 1.807) is 0 Å². The zero-order chi connectivity index (χ0) is 9.97. The Morgan fingerprint density at radius 3 is 2.57 bits per heavy atom. The Labute approximate surface area is 83.4 Å². The molecule has 2 aromatic heterocycles. The Kier molecular flexibility index (Phi) is 2.23. The van der Waals surface area contributed by atoms with Crippen LogP contribution in [0.4, 0.5) is 5.82 Å². The number of H-pyrrole nitrogens is 1. The van der Waals surface area contributed by atoms with Gasteiger partial charge < -0.3 is 9.88 Å². The van der Waals surface area contributed by atoms with Crippen molar-refractivity contribution in [1.82, 2.24) is 9.97 Å². The Morgan fingerprint density at radius 2 is 2.07 bits per heavy atom. The number of nitrogens with one attached hydrogen (secondary N) is 1. The van der Waals surface area contributed by atoms with Crippen LogP contribution in [0.1, 0.15) is 0 Å². The fourth-order valence-electron chi connectivity index (χ4n) is 1.32. The third kappa shape index (κ3) is 1.62. The maximum absolute atomic E-state index is 4.34. The van der Waals surface area contributed by atoms with E-state index in [9.17, 15) is 0 Å². The van der Waals surface area contributed by atoms with E-state index in [2.05, 4.69) is 16.0 Å². The molecule has 3 nitrogen and oxygen atoms in total. The molecule has 0 fully saturated rings. The highest BCUT2D eigenvalue weighted by atomic mass is 15.1. The van der Waals surface area contributed by atoms with E-state index < -0.39 is 0 Å². The van der Waals surface area contributed by atoms with Gasteiger partial charge in [-0.05, 0) is 24.3 Å². The molecule has 2 aromatic rings. The molecule has 3 heteroatoms. The molecule has 0 aliphatic heterocycles. The molecular formula is C11H13N3. The van der Waals surface area contributed by atoms with E-state index >= 15 is 0 Å². The van der Waals surface area contributed by atoms with Crippen LogP contribution in [0, 0.1) is 0 Å². The van der Waals surface area contributed by atoms with Gasteiger partial charge in [-0.2, -0.15) is 0 Å². The van der Waals surface area contributed by atoms with Crippen molar-refractivity contribution in [2.75, 3.05) is 19.0 Å². The molecule has 14 heavy (non-hydrogen) atoms. The van der Waals surface area contributed by atoms with Gasteiger partial charge in [-0.15, -0.1) is 0 Å². The molecule has 1 N–H and O–H groups in total. The predicted molar refractivity (Wildman–Crippen MR) is 58.4 cm³/mol. The van der Waals surface area contributed by atoms with Crippen LogP contribution in [-0.2, 0) is 0 Å². The van der Waals surface area contributed by atoms with Crippen molar-refractivity contribution in [3.05, 3.63) is 36.7 Å². The molecule has 0 spiro atoms. The molecule has 72 valence electrons. The first-order valence-corrected chi connectivity index (χ1v) is 4.54. The first kappa shape index (κ1) is 8.81. The quantitative estimate of drug-likeness (QED) is 0.781. The Hall–Kier alpha value is -1.77. The van der Waals surface area contributed by atoms with E-state index in [0.717, 1.165) is 17.1 Å². The molecule has 0 aromatic carbocycles. The SMILES string of the molecule is CN(C)c1ccc(-c2ccc[nH]2)cn1. The van der Waals surface area contributed by atoms with Crippen LogP contribution in [-0.4, -0.2) is 24.1 Å². The molecule has 2 rings (SSSR count). The van der Waals surface area contributed by atoms with Gasteiger partial charge in [0.2, 0.25) is 0 Å². The van der Waals surface area contributed by atoms with Crippen LogP contribution in [0.25, 0.3) is 11.3 Å². The molecule has 0 aliphatic rings. The molecule has 2 heterocycles. The average Bonchev–Trinajstić information content (AvgIpc) is 2.71. The first-order valence-electron chi connectivity index (χ1n) is 4.54. The third-order valence-electron chi connectivity index (χ3n) is 2.12. The maximum Gasteiger partial charge on any atom is 0.127 e. The zero-order valence-electron chi connectivity index (χ0n) is 8.36. The van der Waals surface area contributed by atoms with Gasteiger partial charge in [-0.3, -0.25) is 0 Å². The first-order chi connectivity index (χ1) is 6.77. The van der Waals surface area contributed by atoms with Crippen LogP contribution in [0.5, 0.6) is 0 Å². The van der Waals surface area contributed by atoms with Crippen molar-refractivity contribution in [2.45, 2.75) is 0 Å². The molecule has 0 atom stereocenters. The molecular weight excluding hydrogens is 174 g/mol. The van der Waals surface area contributed by atoms with Crippen molar-refractivity contribution in [3.8, 4) is 11.3 Å². The summed E-state index contributed by atoms with van der Waals surface area (Å²) in [6, 6.07) is 8.09. The highest BCUT2D eigenvalue weighted by Crippen LogP contribution is 2.17. The molecule has 0 saturated heterocycles. The number of hydrogen-bond donors (Lipinski definition) is 1. The second-order valence-corrected chi connectivity index (χ2v) is 3.38. The predicted octanol–water partition coefficient (Wildman–Crippen LogP) is 2.14. The van der Waals surface area contributed by atoms with E-state index in [1.165, 1.54) is 0 Å². The molecule has 0 bridgehead atoms. The van der Waals surface area contributed by atoms with Gasteiger partial charge in [0.1, 0.15) is 5.82 Å². The Bertz CT molecular complexity index is 387. The van der Waals surface area contributed by atoms with E-state index in [-0.39, 0.29) is 0 Å². The summed E-state index contributed by atoms with van der Waals surface area (Å²) >= 11 is 0. The minimum Gasteiger partial charge on any atom is -0.363 e. The summed E-state index contributed by atoms with van der Waals surface area (Å²) in [7, 11) is 3.97. The topological polar surface area (TPSA) is 31.9 Å². The lowest BCUT2D eigenvalue weighted by Crippen LogP contribution is -2.09. The lowest BCUT2D eigenvalue weighted by Gasteiger charge is -2.10. The standard InChI is InChI=1S/C11H13N3/c1-14(2)11-6-5-9(8-13-11)10-4-3-7-12-10/h3-8,12H,1-2H3. The number of nitrogens with zero attached hydrogens (tertiary/aromatic N) is 2. The van der Waals surface area contributed by atoms with Crippen molar-refractivity contribution in [3.63, 3.8) is 0 Å².